The van der Waals surface area contributed by atoms with E-state index in [4.69, 9.17) is 30.9 Å². The summed E-state index contributed by atoms with van der Waals surface area (Å²) in [6.07, 6.45) is -1.19. The molecule has 11 rings (SSSR count). The number of aryl methyl sites for hydroxylation is 1. The smallest absolute Gasteiger partial charge is 0 e. The summed E-state index contributed by atoms with van der Waals surface area (Å²) in [5.41, 5.74) is 6.54. The minimum atomic E-state index is -0.593. The quantitative estimate of drug-likeness (QED) is 0.131. The van der Waals surface area contributed by atoms with Gasteiger partial charge in [-0.25, -0.2) is 0 Å². The molecule has 0 fully saturated rings. The van der Waals surface area contributed by atoms with Crippen LogP contribution < -0.4 is 0 Å². The molecule has 0 N–H and O–H groups in total. The summed E-state index contributed by atoms with van der Waals surface area (Å²) in [6, 6.07) is 56.6. The molecule has 6 heteroatoms. The van der Waals surface area contributed by atoms with E-state index < -0.39 is 12.8 Å². The Morgan fingerprint density at radius 2 is 0.736 bits per heavy atom. The maximum atomic E-state index is 4.96. The van der Waals surface area contributed by atoms with Crippen LogP contribution in [0.15, 0.2) is 152 Å². The summed E-state index contributed by atoms with van der Waals surface area (Å²) in [7, 11) is 19.9. The number of hydrogen-bond donors (Lipinski definition) is 0. The summed E-state index contributed by atoms with van der Waals surface area (Å²) in [4.78, 5) is 0. The third kappa shape index (κ3) is 4.64. The number of fused-ring (bicyclic) bond motifs is 10. The van der Waals surface area contributed by atoms with Crippen molar-refractivity contribution in [2.24, 2.45) is 0 Å². The van der Waals surface area contributed by atoms with Crippen LogP contribution in [0, 0.1) is 6.92 Å². The van der Waals surface area contributed by atoms with Gasteiger partial charge in [0.25, 0.3) is 0 Å². The summed E-state index contributed by atoms with van der Waals surface area (Å²) >= 11 is 0. The molecule has 0 saturated carbocycles. The predicted octanol–water partition coefficient (Wildman–Crippen LogP) is 11.1. The molecule has 0 saturated heterocycles. The van der Waals surface area contributed by atoms with Crippen LogP contribution in [0.4, 0.5) is 0 Å². The molecule has 0 unspecified atom stereocenters. The molecule has 0 amide bonds. The highest BCUT2D eigenvalue weighted by atomic mass is 14.3. The van der Waals surface area contributed by atoms with Crippen LogP contribution in [0.1, 0.15) is 5.56 Å². The normalized spacial score (nSPS) is 11.8. The molecule has 0 aliphatic rings. The van der Waals surface area contributed by atoms with Crippen molar-refractivity contribution >= 4 is 130 Å². The maximum absolute atomic E-state index is 4.96. The Kier molecular flexibility index (Phi) is 7.41. The fourth-order valence-corrected chi connectivity index (χ4v) is 9.10. The van der Waals surface area contributed by atoms with Gasteiger partial charge in [0.1, 0.15) is 0 Å². The molecule has 0 spiro atoms. The second-order valence-corrected chi connectivity index (χ2v) is 14.3. The van der Waals surface area contributed by atoms with Crippen molar-refractivity contribution in [3.05, 3.63) is 157 Å². The minimum Gasteiger partial charge on any atom is -0.0622 e. The van der Waals surface area contributed by atoms with E-state index >= 15 is 0 Å². The second kappa shape index (κ2) is 12.2. The Morgan fingerprint density at radius 3 is 1.32 bits per heavy atom. The topological polar surface area (TPSA) is 0 Å². The SMILES string of the molecule is Cc1c2ccccc2c2cccc3c4c(-c5ccccc5)c5cc6c7ccccc7c7cccc(c5c(-c5ccccc5)c4c1c23)c76.[B]B([B])B([B])[B]. The number of rotatable bonds is 3. The van der Waals surface area contributed by atoms with Crippen molar-refractivity contribution in [1.82, 2.24) is 0 Å². The lowest BCUT2D eigenvalue weighted by Gasteiger charge is -2.19. The van der Waals surface area contributed by atoms with Crippen molar-refractivity contribution in [2.75, 3.05) is 0 Å². The molecule has 0 aliphatic carbocycles. The highest BCUT2D eigenvalue weighted by molar-refractivity contribution is 7.76. The minimum absolute atomic E-state index is 0.593. The number of hydrogen-bond acceptors (Lipinski definition) is 0. The highest BCUT2D eigenvalue weighted by Crippen LogP contribution is 2.55. The predicted molar refractivity (Wildman–Crippen MR) is 239 cm³/mol. The van der Waals surface area contributed by atoms with Gasteiger partial charge in [-0.1, -0.05) is 146 Å². The first-order valence-electron chi connectivity index (χ1n) is 18.2. The first-order valence-corrected chi connectivity index (χ1v) is 18.2. The summed E-state index contributed by atoms with van der Waals surface area (Å²) in [5, 5.41) is 21.5. The fraction of sp³-hybridized carbons (Fsp3) is 0.0213. The molecule has 11 aromatic carbocycles. The Hall–Kier alpha value is -5.59. The van der Waals surface area contributed by atoms with Crippen LogP contribution in [0.2, 0.25) is 0 Å². The van der Waals surface area contributed by atoms with E-state index in [1.165, 1.54) is 114 Å². The van der Waals surface area contributed by atoms with Gasteiger partial charge in [0.05, 0.1) is 0 Å². The van der Waals surface area contributed by atoms with Gasteiger partial charge in [0.2, 0.25) is 0 Å². The molecule has 0 nitrogen and oxygen atoms in total. The van der Waals surface area contributed by atoms with Crippen LogP contribution in [-0.4, -0.2) is 43.7 Å². The Morgan fingerprint density at radius 1 is 0.302 bits per heavy atom. The lowest BCUT2D eigenvalue weighted by atomic mass is 8.81. The van der Waals surface area contributed by atoms with Crippen molar-refractivity contribution in [3.8, 4) is 22.3 Å². The molecule has 0 aliphatic heterocycles. The zero-order valence-corrected chi connectivity index (χ0v) is 29.4. The van der Waals surface area contributed by atoms with Crippen LogP contribution in [0.25, 0.3) is 108 Å². The van der Waals surface area contributed by atoms with E-state index in [-0.39, 0.29) is 0 Å². The molecule has 0 aromatic heterocycles. The third-order valence-corrected chi connectivity index (χ3v) is 11.3. The van der Waals surface area contributed by atoms with Gasteiger partial charge < -0.3 is 0 Å². The van der Waals surface area contributed by atoms with Crippen LogP contribution in [0.5, 0.6) is 0 Å². The molecule has 53 heavy (non-hydrogen) atoms. The average molecular weight is 658 g/mol. The van der Waals surface area contributed by atoms with E-state index in [1.807, 2.05) is 0 Å². The van der Waals surface area contributed by atoms with E-state index in [0.717, 1.165) is 0 Å². The van der Waals surface area contributed by atoms with E-state index in [2.05, 4.69) is 159 Å². The van der Waals surface area contributed by atoms with Gasteiger partial charge in [-0.15, -0.1) is 0 Å². The molecule has 11 aromatic rings. The molecule has 0 bridgehead atoms. The highest BCUT2D eigenvalue weighted by Gasteiger charge is 2.27. The van der Waals surface area contributed by atoms with Crippen molar-refractivity contribution in [1.29, 1.82) is 0 Å². The van der Waals surface area contributed by atoms with E-state index in [0.29, 0.717) is 0 Å². The zero-order valence-electron chi connectivity index (χ0n) is 29.4. The van der Waals surface area contributed by atoms with Crippen LogP contribution in [-0.2, 0) is 0 Å². The van der Waals surface area contributed by atoms with E-state index in [9.17, 15) is 0 Å². The Labute approximate surface area is 314 Å². The monoisotopic (exact) mass is 658 g/mol. The second-order valence-electron chi connectivity index (χ2n) is 14.3. The lowest BCUT2D eigenvalue weighted by Crippen LogP contribution is -2.38. The first kappa shape index (κ1) is 32.1. The lowest BCUT2D eigenvalue weighted by molar-refractivity contribution is 1.61. The van der Waals surface area contributed by atoms with Gasteiger partial charge in [0, 0.05) is 43.7 Å². The standard InChI is InChI=1S/C47H28.B6/c1-27-30-18-8-9-19-31(30)35-23-13-25-37-44(35)40(27)47-42(29-16-6-3-7-17-29)45-36-24-12-22-34-32-20-10-11-21-33(32)38(43(34)36)26-39(45)41(46(37)47)28-14-4-2-5-15-28;1-5(2)6(3)4/h2-26H,1H3;. The molecule has 0 atom stereocenters. The summed E-state index contributed by atoms with van der Waals surface area (Å²) in [5.74, 6) is 0. The largest absolute Gasteiger partial charge is 0.0622 e. The Bertz CT molecular complexity index is 3170. The van der Waals surface area contributed by atoms with Gasteiger partial charge >= 0.3 is 0 Å². The van der Waals surface area contributed by atoms with Gasteiger partial charge in [-0.2, -0.15) is 0 Å². The van der Waals surface area contributed by atoms with Gasteiger partial charge in [-0.3, -0.25) is 0 Å². The van der Waals surface area contributed by atoms with Gasteiger partial charge in [0.15, 0.2) is 0 Å². The van der Waals surface area contributed by atoms with Crippen LogP contribution in [0.3, 0.4) is 0 Å². The maximum Gasteiger partial charge on any atom is 0 e. The van der Waals surface area contributed by atoms with Crippen molar-refractivity contribution in [2.45, 2.75) is 6.92 Å². The van der Waals surface area contributed by atoms with Crippen LogP contribution >= 0.6 is 0 Å². The average Bonchev–Trinajstić information content (AvgIpc) is 3.71. The molecular weight excluding hydrogens is 629 g/mol. The molecule has 0 heterocycles. The summed E-state index contributed by atoms with van der Waals surface area (Å²) in [6.45, 7) is 2.34. The molecular formula is C47H28B6. The zero-order chi connectivity index (χ0) is 36.0. The summed E-state index contributed by atoms with van der Waals surface area (Å²) < 4.78 is 0. The first-order chi connectivity index (χ1) is 25.9. The van der Waals surface area contributed by atoms with E-state index in [1.54, 1.807) is 0 Å². The fourth-order valence-electron chi connectivity index (χ4n) is 9.10. The molecule has 8 radical (unpaired) electrons. The number of benzene rings is 9. The van der Waals surface area contributed by atoms with Gasteiger partial charge in [-0.05, 0) is 127 Å². The Balaban J connectivity index is 0.000000541. The third-order valence-electron chi connectivity index (χ3n) is 11.3. The van der Waals surface area contributed by atoms with Crippen molar-refractivity contribution < 1.29 is 0 Å². The van der Waals surface area contributed by atoms with Crippen molar-refractivity contribution in [3.63, 3.8) is 0 Å². The molecule has 234 valence electrons.